The van der Waals surface area contributed by atoms with Crippen LogP contribution in [0, 0.1) is 6.92 Å². The highest BCUT2D eigenvalue weighted by molar-refractivity contribution is 7.14. The Hall–Kier alpha value is -3.00. The average Bonchev–Trinajstić information content (AvgIpc) is 3.22. The number of ether oxygens (including phenoxy) is 1. The Bertz CT molecular complexity index is 934. The molecule has 5 nitrogen and oxygen atoms in total. The Morgan fingerprint density at radius 3 is 2.85 bits per heavy atom. The number of nitrogens with zero attached hydrogens (tertiary/aromatic N) is 1. The van der Waals surface area contributed by atoms with Crippen LogP contribution in [-0.2, 0) is 4.79 Å². The number of nitrogens with one attached hydrogen (secondary N) is 1. The molecule has 1 amide bonds. The van der Waals surface area contributed by atoms with E-state index in [2.05, 4.69) is 15.0 Å². The van der Waals surface area contributed by atoms with Crippen LogP contribution in [-0.4, -0.2) is 17.5 Å². The molecule has 3 aromatic rings. The summed E-state index contributed by atoms with van der Waals surface area (Å²) in [4.78, 5) is 16.2. The lowest BCUT2D eigenvalue weighted by Crippen LogP contribution is -2.07. The first-order valence-corrected chi connectivity index (χ1v) is 8.44. The van der Waals surface area contributed by atoms with E-state index < -0.39 is 6.61 Å². The van der Waals surface area contributed by atoms with Crippen LogP contribution in [0.25, 0.3) is 17.3 Å². The fourth-order valence-electron chi connectivity index (χ4n) is 2.18. The molecule has 2 heterocycles. The number of thiazole rings is 1. The zero-order valence-corrected chi connectivity index (χ0v) is 14.4. The van der Waals surface area contributed by atoms with Gasteiger partial charge in [-0.2, -0.15) is 8.78 Å². The first-order valence-electron chi connectivity index (χ1n) is 7.56. The van der Waals surface area contributed by atoms with Gasteiger partial charge < -0.3 is 9.15 Å². The highest BCUT2D eigenvalue weighted by atomic mass is 32.1. The smallest absolute Gasteiger partial charge is 0.387 e. The molecule has 1 aromatic carbocycles. The van der Waals surface area contributed by atoms with Crippen LogP contribution in [0.3, 0.4) is 0 Å². The number of halogens is 2. The summed E-state index contributed by atoms with van der Waals surface area (Å²) in [6.45, 7) is -1.12. The number of furan rings is 1. The Kier molecular flexibility index (Phi) is 5.43. The fraction of sp³-hybridized carbons (Fsp3) is 0.111. The van der Waals surface area contributed by atoms with Gasteiger partial charge in [-0.3, -0.25) is 10.1 Å². The third-order valence-corrected chi connectivity index (χ3v) is 4.03. The second-order valence-electron chi connectivity index (χ2n) is 5.18. The molecule has 0 fully saturated rings. The standard InChI is InChI=1S/C18H14F2N2O3S/c1-11-6-7-12(24-11)8-9-16(23)22-18-21-14(10-26-18)13-4-2-3-5-15(13)25-17(19)20/h2-10,17H,1H3,(H,21,22,23)/b9-8+. The second-order valence-corrected chi connectivity index (χ2v) is 6.04. The Morgan fingerprint density at radius 1 is 1.31 bits per heavy atom. The van der Waals surface area contributed by atoms with Crippen molar-refractivity contribution >= 4 is 28.5 Å². The third-order valence-electron chi connectivity index (χ3n) is 3.27. The number of carbonyl (C=O) groups excluding carboxylic acids is 1. The van der Waals surface area contributed by atoms with E-state index in [-0.39, 0.29) is 11.7 Å². The fourth-order valence-corrected chi connectivity index (χ4v) is 2.89. The second kappa shape index (κ2) is 7.92. The summed E-state index contributed by atoms with van der Waals surface area (Å²) in [5, 5.41) is 4.62. The van der Waals surface area contributed by atoms with Gasteiger partial charge in [0.05, 0.1) is 5.69 Å². The van der Waals surface area contributed by atoms with Crippen molar-refractivity contribution in [2.75, 3.05) is 5.32 Å². The zero-order chi connectivity index (χ0) is 18.5. The lowest BCUT2D eigenvalue weighted by atomic mass is 10.1. The minimum absolute atomic E-state index is 0.0266. The number of alkyl halides is 2. The van der Waals surface area contributed by atoms with Crippen LogP contribution in [0.5, 0.6) is 5.75 Å². The van der Waals surface area contributed by atoms with E-state index in [1.807, 2.05) is 6.92 Å². The van der Waals surface area contributed by atoms with Crippen LogP contribution in [0.4, 0.5) is 13.9 Å². The van der Waals surface area contributed by atoms with Gasteiger partial charge in [-0.1, -0.05) is 12.1 Å². The zero-order valence-electron chi connectivity index (χ0n) is 13.6. The molecular weight excluding hydrogens is 362 g/mol. The summed E-state index contributed by atoms with van der Waals surface area (Å²) in [6, 6.07) is 9.89. The topological polar surface area (TPSA) is 64.4 Å². The molecule has 0 atom stereocenters. The number of aryl methyl sites for hydroxylation is 1. The van der Waals surface area contributed by atoms with Gasteiger partial charge in [-0.15, -0.1) is 11.3 Å². The summed E-state index contributed by atoms with van der Waals surface area (Å²) in [6.07, 6.45) is 2.87. The predicted octanol–water partition coefficient (Wildman–Crippen LogP) is 4.96. The van der Waals surface area contributed by atoms with Crippen LogP contribution < -0.4 is 10.1 Å². The van der Waals surface area contributed by atoms with E-state index in [1.165, 1.54) is 23.5 Å². The van der Waals surface area contributed by atoms with E-state index in [0.717, 1.165) is 5.76 Å². The van der Waals surface area contributed by atoms with E-state index in [4.69, 9.17) is 4.42 Å². The quantitative estimate of drug-likeness (QED) is 0.617. The SMILES string of the molecule is Cc1ccc(/C=C/C(=O)Nc2nc(-c3ccccc3OC(F)F)cs2)o1. The van der Waals surface area contributed by atoms with Gasteiger partial charge in [0.2, 0.25) is 5.91 Å². The van der Waals surface area contributed by atoms with Crippen molar-refractivity contribution in [3.05, 3.63) is 59.4 Å². The van der Waals surface area contributed by atoms with Gasteiger partial charge in [-0.05, 0) is 37.3 Å². The van der Waals surface area contributed by atoms with Crippen LogP contribution >= 0.6 is 11.3 Å². The van der Waals surface area contributed by atoms with Gasteiger partial charge in [0.25, 0.3) is 0 Å². The van der Waals surface area contributed by atoms with Gasteiger partial charge >= 0.3 is 6.61 Å². The van der Waals surface area contributed by atoms with Gasteiger partial charge in [-0.25, -0.2) is 4.98 Å². The molecular formula is C18H14F2N2O3S. The molecule has 0 aliphatic heterocycles. The van der Waals surface area contributed by atoms with E-state index in [1.54, 1.807) is 41.8 Å². The summed E-state index contributed by atoms with van der Waals surface area (Å²) in [5.41, 5.74) is 0.860. The summed E-state index contributed by atoms with van der Waals surface area (Å²) >= 11 is 1.18. The Balaban J connectivity index is 1.70. The number of para-hydroxylation sites is 1. The number of hydrogen-bond donors (Lipinski definition) is 1. The molecule has 0 unspecified atom stereocenters. The van der Waals surface area contributed by atoms with Crippen molar-refractivity contribution in [2.45, 2.75) is 13.5 Å². The highest BCUT2D eigenvalue weighted by Crippen LogP contribution is 2.32. The highest BCUT2D eigenvalue weighted by Gasteiger charge is 2.14. The summed E-state index contributed by atoms with van der Waals surface area (Å²) in [5.74, 6) is 0.964. The van der Waals surface area contributed by atoms with E-state index >= 15 is 0 Å². The number of amides is 1. The summed E-state index contributed by atoms with van der Waals surface area (Å²) in [7, 11) is 0. The number of benzene rings is 1. The minimum atomic E-state index is -2.93. The molecule has 0 spiro atoms. The maximum absolute atomic E-state index is 12.5. The van der Waals surface area contributed by atoms with Crippen molar-refractivity contribution < 1.29 is 22.7 Å². The summed E-state index contributed by atoms with van der Waals surface area (Å²) < 4.78 is 34.9. The molecule has 3 rings (SSSR count). The average molecular weight is 376 g/mol. The van der Waals surface area contributed by atoms with E-state index in [9.17, 15) is 13.6 Å². The normalized spacial score (nSPS) is 11.2. The van der Waals surface area contributed by atoms with Gasteiger partial charge in [0, 0.05) is 17.0 Å². The van der Waals surface area contributed by atoms with Gasteiger partial charge in [0.15, 0.2) is 5.13 Å². The molecule has 0 saturated heterocycles. The monoisotopic (exact) mass is 376 g/mol. The molecule has 0 radical (unpaired) electrons. The Morgan fingerprint density at radius 2 is 2.12 bits per heavy atom. The van der Waals surface area contributed by atoms with Gasteiger partial charge in [0.1, 0.15) is 17.3 Å². The van der Waals surface area contributed by atoms with Crippen LogP contribution in [0.15, 0.2) is 52.3 Å². The van der Waals surface area contributed by atoms with Crippen molar-refractivity contribution in [1.82, 2.24) is 4.98 Å². The third kappa shape index (κ3) is 4.54. The maximum Gasteiger partial charge on any atom is 0.387 e. The van der Waals surface area contributed by atoms with Crippen molar-refractivity contribution in [3.63, 3.8) is 0 Å². The number of aromatic nitrogens is 1. The maximum atomic E-state index is 12.5. The minimum Gasteiger partial charge on any atom is -0.462 e. The molecule has 134 valence electrons. The van der Waals surface area contributed by atoms with E-state index in [0.29, 0.717) is 22.1 Å². The lowest BCUT2D eigenvalue weighted by Gasteiger charge is -2.08. The molecule has 0 bridgehead atoms. The number of rotatable bonds is 6. The first kappa shape index (κ1) is 17.8. The van der Waals surface area contributed by atoms with Crippen molar-refractivity contribution in [2.24, 2.45) is 0 Å². The lowest BCUT2D eigenvalue weighted by molar-refractivity contribution is -0.111. The van der Waals surface area contributed by atoms with Crippen molar-refractivity contribution in [1.29, 1.82) is 0 Å². The molecule has 0 aliphatic carbocycles. The molecule has 26 heavy (non-hydrogen) atoms. The van der Waals surface area contributed by atoms with Crippen LogP contribution in [0.1, 0.15) is 11.5 Å². The first-order chi connectivity index (χ1) is 12.5. The molecule has 0 saturated carbocycles. The molecule has 1 N–H and O–H groups in total. The predicted molar refractivity (Wildman–Crippen MR) is 95.3 cm³/mol. The molecule has 2 aromatic heterocycles. The largest absolute Gasteiger partial charge is 0.462 e. The van der Waals surface area contributed by atoms with Crippen LogP contribution in [0.2, 0.25) is 0 Å². The molecule has 8 heteroatoms. The number of anilines is 1. The van der Waals surface area contributed by atoms with Crippen molar-refractivity contribution in [3.8, 4) is 17.0 Å². The number of carbonyl (C=O) groups is 1. The Labute approximate surface area is 151 Å². The molecule has 0 aliphatic rings. The number of hydrogen-bond acceptors (Lipinski definition) is 5.